The van der Waals surface area contributed by atoms with E-state index in [1.165, 1.54) is 6.07 Å². The highest BCUT2D eigenvalue weighted by Gasteiger charge is 2.42. The second-order valence-electron chi connectivity index (χ2n) is 8.58. The van der Waals surface area contributed by atoms with Gasteiger partial charge >= 0.3 is 6.09 Å². The number of nitrogens with zero attached hydrogens (tertiary/aromatic N) is 3. The maximum atomic E-state index is 12.4. The predicted molar refractivity (Wildman–Crippen MR) is 98.0 cm³/mol. The van der Waals surface area contributed by atoms with Gasteiger partial charge in [0.2, 0.25) is 0 Å². The summed E-state index contributed by atoms with van der Waals surface area (Å²) in [7, 11) is -3.76. The van der Waals surface area contributed by atoms with Crippen LogP contribution in [0.25, 0.3) is 0 Å². The number of nitrogens with two attached hydrogens (primary N) is 1. The molecule has 1 atom stereocenters. The fraction of sp³-hybridized carbons (Fsp3) is 0.765. The molecule has 0 aliphatic carbocycles. The summed E-state index contributed by atoms with van der Waals surface area (Å²) in [5, 5.41) is 8.92. The molecular weight excluding hydrogens is 356 g/mol. The molecule has 26 heavy (non-hydrogen) atoms. The van der Waals surface area contributed by atoms with Gasteiger partial charge < -0.3 is 9.64 Å². The minimum Gasteiger partial charge on any atom is -0.444 e. The first-order valence-electron chi connectivity index (χ1n) is 8.85. The van der Waals surface area contributed by atoms with Crippen LogP contribution in [0.5, 0.6) is 0 Å². The maximum absolute atomic E-state index is 12.4. The van der Waals surface area contributed by atoms with E-state index in [4.69, 9.17) is 9.88 Å². The van der Waals surface area contributed by atoms with E-state index in [0.717, 1.165) is 19.3 Å². The number of primary sulfonamides is 1. The molecular formula is C17H30N4O4S. The summed E-state index contributed by atoms with van der Waals surface area (Å²) in [4.78, 5) is 14.3. The van der Waals surface area contributed by atoms with E-state index in [0.29, 0.717) is 19.0 Å². The number of carbonyl (C=O) groups is 1. The molecule has 9 heteroatoms. The van der Waals surface area contributed by atoms with Crippen LogP contribution in [0.2, 0.25) is 0 Å². The van der Waals surface area contributed by atoms with Crippen molar-refractivity contribution in [1.29, 1.82) is 0 Å². The highest BCUT2D eigenvalue weighted by atomic mass is 32.2. The number of aromatic nitrogens is 2. The van der Waals surface area contributed by atoms with E-state index in [-0.39, 0.29) is 16.7 Å². The van der Waals surface area contributed by atoms with Crippen molar-refractivity contribution in [2.45, 2.75) is 76.6 Å². The molecule has 0 saturated carbocycles. The smallest absolute Gasteiger partial charge is 0.410 e. The van der Waals surface area contributed by atoms with E-state index < -0.39 is 15.6 Å². The molecule has 1 amide bonds. The van der Waals surface area contributed by atoms with Crippen LogP contribution >= 0.6 is 0 Å². The van der Waals surface area contributed by atoms with Gasteiger partial charge in [-0.2, -0.15) is 5.10 Å². The first kappa shape index (κ1) is 20.7. The summed E-state index contributed by atoms with van der Waals surface area (Å²) in [6.45, 7) is 11.0. The fourth-order valence-corrected chi connectivity index (χ4v) is 3.85. The van der Waals surface area contributed by atoms with Crippen LogP contribution in [0, 0.1) is 5.92 Å². The van der Waals surface area contributed by atoms with Crippen LogP contribution in [0.15, 0.2) is 17.3 Å². The summed E-state index contributed by atoms with van der Waals surface area (Å²) < 4.78 is 29.6. The quantitative estimate of drug-likeness (QED) is 0.836. The second-order valence-corrected chi connectivity index (χ2v) is 10.1. The van der Waals surface area contributed by atoms with Gasteiger partial charge in [-0.15, -0.1) is 0 Å². The van der Waals surface area contributed by atoms with Crippen molar-refractivity contribution in [1.82, 2.24) is 14.7 Å². The van der Waals surface area contributed by atoms with Crippen molar-refractivity contribution < 1.29 is 17.9 Å². The van der Waals surface area contributed by atoms with Crippen LogP contribution in [0.3, 0.4) is 0 Å². The Bertz CT molecular complexity index is 749. The average molecular weight is 387 g/mol. The number of aryl methyl sites for hydroxylation is 1. The van der Waals surface area contributed by atoms with Crippen molar-refractivity contribution in [2.75, 3.05) is 6.54 Å². The summed E-state index contributed by atoms with van der Waals surface area (Å²) in [6.07, 6.45) is 4.02. The van der Waals surface area contributed by atoms with Crippen LogP contribution in [-0.2, 0) is 21.3 Å². The highest BCUT2D eigenvalue weighted by Crippen LogP contribution is 2.36. The number of ether oxygens (including phenoxy) is 1. The number of amides is 1. The third kappa shape index (κ3) is 5.44. The van der Waals surface area contributed by atoms with E-state index in [1.54, 1.807) is 10.9 Å². The van der Waals surface area contributed by atoms with Gasteiger partial charge in [0, 0.05) is 24.8 Å². The van der Waals surface area contributed by atoms with Gasteiger partial charge in [-0.05, 0) is 65.9 Å². The predicted octanol–water partition coefficient (Wildman–Crippen LogP) is 2.35. The number of likely N-dealkylation sites (tertiary alicyclic amines) is 1. The van der Waals surface area contributed by atoms with Gasteiger partial charge in [0.25, 0.3) is 10.0 Å². The van der Waals surface area contributed by atoms with Crippen LogP contribution in [0.1, 0.15) is 53.9 Å². The summed E-state index contributed by atoms with van der Waals surface area (Å²) in [6, 6.07) is 1.40. The molecule has 148 valence electrons. The lowest BCUT2D eigenvalue weighted by Gasteiger charge is -2.33. The molecule has 1 saturated heterocycles. The molecule has 2 rings (SSSR count). The first-order valence-corrected chi connectivity index (χ1v) is 10.4. The molecule has 1 fully saturated rings. The Kier molecular flexibility index (Phi) is 5.72. The van der Waals surface area contributed by atoms with E-state index in [9.17, 15) is 13.2 Å². The molecule has 1 aromatic rings. The second kappa shape index (κ2) is 7.19. The molecule has 2 heterocycles. The minimum atomic E-state index is -3.76. The molecule has 0 spiro atoms. The molecule has 0 radical (unpaired) electrons. The zero-order valence-electron chi connectivity index (χ0n) is 16.2. The Morgan fingerprint density at radius 2 is 2.08 bits per heavy atom. The van der Waals surface area contributed by atoms with Gasteiger partial charge in [-0.1, -0.05) is 0 Å². The monoisotopic (exact) mass is 386 g/mol. The van der Waals surface area contributed by atoms with Crippen LogP contribution in [0.4, 0.5) is 4.79 Å². The maximum Gasteiger partial charge on any atom is 0.410 e. The van der Waals surface area contributed by atoms with Crippen LogP contribution in [-0.4, -0.2) is 46.9 Å². The Morgan fingerprint density at radius 1 is 1.42 bits per heavy atom. The highest BCUT2D eigenvalue weighted by molar-refractivity contribution is 7.89. The lowest BCUT2D eigenvalue weighted by molar-refractivity contribution is 0.0131. The van der Waals surface area contributed by atoms with Crippen LogP contribution < -0.4 is 5.14 Å². The molecule has 1 aliphatic rings. The average Bonchev–Trinajstić information content (AvgIpc) is 3.01. The molecule has 1 aromatic heterocycles. The van der Waals surface area contributed by atoms with E-state index in [2.05, 4.69) is 18.9 Å². The number of carbonyl (C=O) groups excluding carboxylic acids is 1. The van der Waals surface area contributed by atoms with Gasteiger partial charge in [0.15, 0.2) is 5.03 Å². The van der Waals surface area contributed by atoms with Gasteiger partial charge in [-0.25, -0.2) is 18.4 Å². The zero-order chi connectivity index (χ0) is 19.8. The minimum absolute atomic E-state index is 0.115. The molecule has 0 bridgehead atoms. The van der Waals surface area contributed by atoms with E-state index >= 15 is 0 Å². The van der Waals surface area contributed by atoms with Gasteiger partial charge in [0.05, 0.1) is 0 Å². The van der Waals surface area contributed by atoms with Gasteiger partial charge in [0.1, 0.15) is 5.60 Å². The van der Waals surface area contributed by atoms with Crippen molar-refractivity contribution in [3.8, 4) is 0 Å². The number of hydrogen-bond acceptors (Lipinski definition) is 5. The Labute approximate surface area is 155 Å². The normalized spacial score (nSPS) is 20.4. The Morgan fingerprint density at radius 3 is 2.62 bits per heavy atom. The molecule has 8 nitrogen and oxygen atoms in total. The summed E-state index contributed by atoms with van der Waals surface area (Å²) in [5.41, 5.74) is -0.744. The molecule has 0 aromatic carbocycles. The standard InChI is InChI=1S/C17H30N4O4S/c1-16(2,3)25-15(22)21-12-13(11-17(21,4)5)7-6-9-20-10-8-14(19-20)26(18,23)24/h8,10,13H,6-7,9,11-12H2,1-5H3,(H2,18,23,24)/t13-/m0/s1. The number of hydrogen-bond donors (Lipinski definition) is 1. The lowest BCUT2D eigenvalue weighted by atomic mass is 9.93. The SMILES string of the molecule is CC(C)(C)OC(=O)N1C[C@@H](CCCn2ccc(S(N)(=O)=O)n2)CC1(C)C. The van der Waals surface area contributed by atoms with Gasteiger partial charge in [-0.3, -0.25) is 4.68 Å². The lowest BCUT2D eigenvalue weighted by Crippen LogP contribution is -2.45. The van der Waals surface area contributed by atoms with E-state index in [1.807, 2.05) is 25.7 Å². The molecule has 0 unspecified atom stereocenters. The summed E-state index contributed by atoms with van der Waals surface area (Å²) in [5.74, 6) is 0.380. The molecule has 1 aliphatic heterocycles. The summed E-state index contributed by atoms with van der Waals surface area (Å²) >= 11 is 0. The topological polar surface area (TPSA) is 108 Å². The largest absolute Gasteiger partial charge is 0.444 e. The Balaban J connectivity index is 1.87. The third-order valence-electron chi connectivity index (χ3n) is 4.48. The number of rotatable bonds is 5. The molecule has 2 N–H and O–H groups in total. The fourth-order valence-electron chi connectivity index (χ4n) is 3.38. The van der Waals surface area contributed by atoms with Crippen molar-refractivity contribution in [2.24, 2.45) is 11.1 Å². The number of sulfonamides is 1. The first-order chi connectivity index (χ1) is 11.8. The van der Waals surface area contributed by atoms with Crippen molar-refractivity contribution in [3.05, 3.63) is 12.3 Å². The van der Waals surface area contributed by atoms with Crippen molar-refractivity contribution in [3.63, 3.8) is 0 Å². The Hall–Kier alpha value is -1.61. The van der Waals surface area contributed by atoms with Crippen molar-refractivity contribution >= 4 is 16.1 Å². The third-order valence-corrected chi connectivity index (χ3v) is 5.28. The zero-order valence-corrected chi connectivity index (χ0v) is 17.0.